The number of aliphatic hydroxyl groups excluding tert-OH is 1. The van der Waals surface area contributed by atoms with Crippen molar-refractivity contribution in [2.24, 2.45) is 0 Å². The van der Waals surface area contributed by atoms with Crippen LogP contribution in [0.5, 0.6) is 0 Å². The summed E-state index contributed by atoms with van der Waals surface area (Å²) < 4.78 is 25.9. The number of benzene rings is 1. The van der Waals surface area contributed by atoms with Crippen molar-refractivity contribution >= 4 is 10.2 Å². The van der Waals surface area contributed by atoms with Gasteiger partial charge in [0.1, 0.15) is 0 Å². The lowest BCUT2D eigenvalue weighted by Crippen LogP contribution is -2.31. The molecule has 0 saturated heterocycles. The first-order valence-corrected chi connectivity index (χ1v) is 6.26. The first-order valence-electron chi connectivity index (χ1n) is 4.82. The van der Waals surface area contributed by atoms with Gasteiger partial charge in [-0.25, -0.2) is 4.72 Å². The summed E-state index contributed by atoms with van der Waals surface area (Å²) in [5.41, 5.74) is 1.05. The number of nitrogens with zero attached hydrogens (tertiary/aromatic N) is 1. The third-order valence-electron chi connectivity index (χ3n) is 2.27. The Morgan fingerprint density at radius 2 is 1.94 bits per heavy atom. The van der Waals surface area contributed by atoms with Gasteiger partial charge in [-0.2, -0.15) is 8.42 Å². The lowest BCUT2D eigenvalue weighted by Gasteiger charge is -2.13. The molecule has 0 unspecified atom stereocenters. The van der Waals surface area contributed by atoms with Crippen LogP contribution in [0.4, 0.5) is 0 Å². The summed E-state index contributed by atoms with van der Waals surface area (Å²) in [5.74, 6) is -0.340. The van der Waals surface area contributed by atoms with Gasteiger partial charge >= 0.3 is 10.2 Å². The van der Waals surface area contributed by atoms with Crippen molar-refractivity contribution < 1.29 is 13.5 Å². The van der Waals surface area contributed by atoms with E-state index in [2.05, 4.69) is 0 Å². The zero-order valence-electron chi connectivity index (χ0n) is 8.50. The highest BCUT2D eigenvalue weighted by Crippen LogP contribution is 2.11. The Bertz CT molecular complexity index is 496. The van der Waals surface area contributed by atoms with Gasteiger partial charge in [0.15, 0.2) is 0 Å². The van der Waals surface area contributed by atoms with E-state index in [1.807, 2.05) is 35.1 Å². The molecule has 0 spiro atoms. The van der Waals surface area contributed by atoms with Crippen molar-refractivity contribution in [3.63, 3.8) is 0 Å². The van der Waals surface area contributed by atoms with E-state index >= 15 is 0 Å². The number of aliphatic hydroxyl groups is 1. The summed E-state index contributed by atoms with van der Waals surface area (Å²) >= 11 is 0. The molecule has 0 amide bonds. The predicted molar refractivity (Wildman–Crippen MR) is 59.6 cm³/mol. The third kappa shape index (κ3) is 2.27. The van der Waals surface area contributed by atoms with Gasteiger partial charge in [-0.05, 0) is 12.0 Å². The molecule has 86 valence electrons. The molecule has 0 aromatic heterocycles. The monoisotopic (exact) mass is 240 g/mol. The SMILES string of the molecule is O=S1(=O)NC(O)=CN1CCc1ccccc1. The summed E-state index contributed by atoms with van der Waals surface area (Å²) in [5, 5.41) is 9.06. The van der Waals surface area contributed by atoms with Crippen LogP contribution in [-0.2, 0) is 16.6 Å². The zero-order chi connectivity index (χ0) is 11.6. The molecule has 16 heavy (non-hydrogen) atoms. The fourth-order valence-electron chi connectivity index (χ4n) is 1.49. The Morgan fingerprint density at radius 1 is 1.25 bits per heavy atom. The lowest BCUT2D eigenvalue weighted by molar-refractivity contribution is 0.390. The molecule has 0 fully saturated rings. The second-order valence-corrected chi connectivity index (χ2v) is 5.09. The van der Waals surface area contributed by atoms with Crippen molar-refractivity contribution in [3.05, 3.63) is 48.0 Å². The smallest absolute Gasteiger partial charge is 0.325 e. The molecule has 2 rings (SSSR count). The van der Waals surface area contributed by atoms with Gasteiger partial charge in [0.25, 0.3) is 0 Å². The molecule has 0 atom stereocenters. The van der Waals surface area contributed by atoms with E-state index in [0.717, 1.165) is 9.87 Å². The number of nitrogens with one attached hydrogen (secondary N) is 1. The van der Waals surface area contributed by atoms with Crippen LogP contribution in [0.1, 0.15) is 5.56 Å². The minimum Gasteiger partial charge on any atom is -0.493 e. The average molecular weight is 240 g/mol. The van der Waals surface area contributed by atoms with E-state index < -0.39 is 10.2 Å². The van der Waals surface area contributed by atoms with Crippen LogP contribution in [0.25, 0.3) is 0 Å². The van der Waals surface area contributed by atoms with Gasteiger partial charge in [0, 0.05) is 6.54 Å². The van der Waals surface area contributed by atoms with Crippen LogP contribution < -0.4 is 4.72 Å². The lowest BCUT2D eigenvalue weighted by atomic mass is 10.1. The Labute approximate surface area is 94.2 Å². The standard InChI is InChI=1S/C10H12N2O3S/c13-10-8-12(16(14,15)11-10)7-6-9-4-2-1-3-5-9/h1-5,8,11,13H,6-7H2. The second-order valence-electron chi connectivity index (χ2n) is 3.47. The molecule has 2 N–H and O–H groups in total. The third-order valence-corrected chi connectivity index (χ3v) is 3.64. The van der Waals surface area contributed by atoms with Gasteiger partial charge in [-0.3, -0.25) is 4.31 Å². The Kier molecular flexibility index (Phi) is 2.74. The first-order chi connectivity index (χ1) is 7.58. The van der Waals surface area contributed by atoms with E-state index in [0.29, 0.717) is 13.0 Å². The largest absolute Gasteiger partial charge is 0.493 e. The van der Waals surface area contributed by atoms with E-state index in [4.69, 9.17) is 5.11 Å². The number of rotatable bonds is 3. The highest BCUT2D eigenvalue weighted by Gasteiger charge is 2.26. The molecule has 1 heterocycles. The zero-order valence-corrected chi connectivity index (χ0v) is 9.31. The minimum absolute atomic E-state index is 0.309. The van der Waals surface area contributed by atoms with Crippen molar-refractivity contribution in [1.29, 1.82) is 0 Å². The summed E-state index contributed by atoms with van der Waals surface area (Å²) in [6, 6.07) is 9.57. The molecular formula is C10H12N2O3S. The second kappa shape index (κ2) is 4.05. The first kappa shape index (κ1) is 10.8. The van der Waals surface area contributed by atoms with Gasteiger partial charge in [-0.15, -0.1) is 0 Å². The maximum atomic E-state index is 11.4. The van der Waals surface area contributed by atoms with Crippen LogP contribution in [-0.4, -0.2) is 24.4 Å². The van der Waals surface area contributed by atoms with Gasteiger partial charge in [0.05, 0.1) is 6.20 Å². The van der Waals surface area contributed by atoms with E-state index in [-0.39, 0.29) is 5.88 Å². The summed E-state index contributed by atoms with van der Waals surface area (Å²) in [6.07, 6.45) is 1.78. The molecule has 6 heteroatoms. The predicted octanol–water partition coefficient (Wildman–Crippen LogP) is 0.736. The molecule has 0 aliphatic carbocycles. The van der Waals surface area contributed by atoms with E-state index in [1.165, 1.54) is 6.20 Å². The highest BCUT2D eigenvalue weighted by molar-refractivity contribution is 7.87. The Balaban J connectivity index is 2.02. The van der Waals surface area contributed by atoms with Gasteiger partial charge < -0.3 is 5.11 Å². The molecule has 0 saturated carbocycles. The quantitative estimate of drug-likeness (QED) is 0.818. The summed E-state index contributed by atoms with van der Waals surface area (Å²) in [7, 11) is -3.57. The van der Waals surface area contributed by atoms with Gasteiger partial charge in [0.2, 0.25) is 5.88 Å². The molecule has 5 nitrogen and oxygen atoms in total. The van der Waals surface area contributed by atoms with Crippen LogP contribution in [0.2, 0.25) is 0 Å². The minimum atomic E-state index is -3.57. The van der Waals surface area contributed by atoms with Crippen molar-refractivity contribution in [2.45, 2.75) is 6.42 Å². The van der Waals surface area contributed by atoms with Crippen LogP contribution in [0.3, 0.4) is 0 Å². The maximum Gasteiger partial charge on any atom is 0.325 e. The van der Waals surface area contributed by atoms with Gasteiger partial charge in [-0.1, -0.05) is 30.3 Å². The van der Waals surface area contributed by atoms with E-state index in [1.54, 1.807) is 0 Å². The van der Waals surface area contributed by atoms with Crippen LogP contribution >= 0.6 is 0 Å². The van der Waals surface area contributed by atoms with Crippen molar-refractivity contribution in [3.8, 4) is 0 Å². The fraction of sp³-hybridized carbons (Fsp3) is 0.200. The molecule has 0 bridgehead atoms. The molecule has 1 aliphatic heterocycles. The average Bonchev–Trinajstić information content (AvgIpc) is 2.50. The van der Waals surface area contributed by atoms with Crippen LogP contribution in [0, 0.1) is 0 Å². The number of hydrogen-bond acceptors (Lipinski definition) is 3. The molecular weight excluding hydrogens is 228 g/mol. The molecule has 1 aliphatic rings. The Hall–Kier alpha value is -1.69. The van der Waals surface area contributed by atoms with Crippen molar-refractivity contribution in [2.75, 3.05) is 6.54 Å². The normalized spacial score (nSPS) is 18.0. The Morgan fingerprint density at radius 3 is 2.50 bits per heavy atom. The summed E-state index contributed by atoms with van der Waals surface area (Å²) in [4.78, 5) is 0. The molecule has 0 radical (unpaired) electrons. The van der Waals surface area contributed by atoms with Crippen LogP contribution in [0.15, 0.2) is 42.4 Å². The molecule has 1 aromatic carbocycles. The van der Waals surface area contributed by atoms with Crippen molar-refractivity contribution in [1.82, 2.24) is 9.03 Å². The number of hydrogen-bond donors (Lipinski definition) is 2. The highest BCUT2D eigenvalue weighted by atomic mass is 32.2. The summed E-state index contributed by atoms with van der Waals surface area (Å²) in [6.45, 7) is 0.309. The topological polar surface area (TPSA) is 69.6 Å². The van der Waals surface area contributed by atoms with E-state index in [9.17, 15) is 8.42 Å². The fourth-order valence-corrected chi connectivity index (χ4v) is 2.50. The maximum absolute atomic E-state index is 11.4. The molecule has 1 aromatic rings.